The molecule has 0 aromatic heterocycles. The first kappa shape index (κ1) is 16.3. The monoisotopic (exact) mass is 270 g/mol. The van der Waals surface area contributed by atoms with E-state index < -0.39 is 5.60 Å². The maximum absolute atomic E-state index is 11.6. The maximum Gasteiger partial charge on any atom is 0.407 e. The van der Waals surface area contributed by atoms with Crippen molar-refractivity contribution in [1.82, 2.24) is 10.6 Å². The highest BCUT2D eigenvalue weighted by atomic mass is 16.6. The third-order valence-corrected chi connectivity index (χ3v) is 3.64. The van der Waals surface area contributed by atoms with Crippen LogP contribution in [0.1, 0.15) is 54.4 Å². The molecular weight excluding hydrogens is 240 g/mol. The van der Waals surface area contributed by atoms with Crippen LogP contribution in [0.3, 0.4) is 0 Å². The van der Waals surface area contributed by atoms with Crippen molar-refractivity contribution in [2.45, 2.75) is 65.5 Å². The summed E-state index contributed by atoms with van der Waals surface area (Å²) >= 11 is 0. The van der Waals surface area contributed by atoms with Crippen molar-refractivity contribution < 1.29 is 9.53 Å². The summed E-state index contributed by atoms with van der Waals surface area (Å²) in [4.78, 5) is 11.6. The van der Waals surface area contributed by atoms with E-state index in [4.69, 9.17) is 4.74 Å². The third kappa shape index (κ3) is 6.81. The number of hydrogen-bond donors (Lipinski definition) is 2. The summed E-state index contributed by atoms with van der Waals surface area (Å²) in [5.41, 5.74) is -0.0871. The van der Waals surface area contributed by atoms with Gasteiger partial charge in [-0.25, -0.2) is 4.79 Å². The molecule has 0 bridgehead atoms. The molecule has 1 saturated carbocycles. The van der Waals surface area contributed by atoms with Crippen LogP contribution in [-0.4, -0.2) is 30.3 Å². The standard InChI is InChI=1S/C15H30N2O2/c1-11(2)12(10-17-15(6)7-8-15)9-16-13(18)19-14(3,4)5/h11-12,17H,7-10H2,1-6H3,(H,16,18). The molecule has 1 atom stereocenters. The van der Waals surface area contributed by atoms with Crippen LogP contribution in [0.25, 0.3) is 0 Å². The van der Waals surface area contributed by atoms with Gasteiger partial charge in [0.15, 0.2) is 0 Å². The molecule has 19 heavy (non-hydrogen) atoms. The van der Waals surface area contributed by atoms with Gasteiger partial charge in [-0.2, -0.15) is 0 Å². The quantitative estimate of drug-likeness (QED) is 0.780. The van der Waals surface area contributed by atoms with Crippen LogP contribution >= 0.6 is 0 Å². The average molecular weight is 270 g/mol. The predicted octanol–water partition coefficient (Wildman–Crippen LogP) is 2.93. The summed E-state index contributed by atoms with van der Waals surface area (Å²) in [6.07, 6.45) is 2.20. The summed E-state index contributed by atoms with van der Waals surface area (Å²) in [6, 6.07) is 0. The molecule has 1 unspecified atom stereocenters. The molecule has 112 valence electrons. The molecule has 0 saturated heterocycles. The number of rotatable bonds is 6. The van der Waals surface area contributed by atoms with Crippen LogP contribution in [0, 0.1) is 11.8 Å². The molecule has 0 radical (unpaired) electrons. The topological polar surface area (TPSA) is 50.4 Å². The van der Waals surface area contributed by atoms with E-state index in [1.807, 2.05) is 20.8 Å². The van der Waals surface area contributed by atoms with Crippen molar-refractivity contribution in [3.8, 4) is 0 Å². The maximum atomic E-state index is 11.6. The van der Waals surface area contributed by atoms with E-state index in [-0.39, 0.29) is 6.09 Å². The Balaban J connectivity index is 2.30. The molecule has 1 rings (SSSR count). The zero-order valence-corrected chi connectivity index (χ0v) is 13.3. The minimum Gasteiger partial charge on any atom is -0.444 e. The van der Waals surface area contributed by atoms with Gasteiger partial charge in [0.05, 0.1) is 0 Å². The van der Waals surface area contributed by atoms with Crippen molar-refractivity contribution in [2.24, 2.45) is 11.8 Å². The van der Waals surface area contributed by atoms with Crippen molar-refractivity contribution in [1.29, 1.82) is 0 Å². The van der Waals surface area contributed by atoms with Gasteiger partial charge in [0.1, 0.15) is 5.60 Å². The number of hydrogen-bond acceptors (Lipinski definition) is 3. The second-order valence-electron chi connectivity index (χ2n) is 7.33. The van der Waals surface area contributed by atoms with Gasteiger partial charge in [-0.3, -0.25) is 0 Å². The Hall–Kier alpha value is -0.770. The first-order valence-corrected chi connectivity index (χ1v) is 7.33. The normalized spacial score (nSPS) is 19.1. The number of alkyl carbamates (subject to hydrolysis) is 1. The van der Waals surface area contributed by atoms with Gasteiger partial charge >= 0.3 is 6.09 Å². The smallest absolute Gasteiger partial charge is 0.407 e. The Kier molecular flexibility index (Phi) is 5.25. The van der Waals surface area contributed by atoms with Crippen molar-refractivity contribution in [3.05, 3.63) is 0 Å². The predicted molar refractivity (Wildman–Crippen MR) is 78.2 cm³/mol. The number of carbonyl (C=O) groups is 1. The Morgan fingerprint density at radius 3 is 2.26 bits per heavy atom. The fourth-order valence-corrected chi connectivity index (χ4v) is 1.81. The Bertz CT molecular complexity index is 304. The van der Waals surface area contributed by atoms with E-state index in [2.05, 4.69) is 31.4 Å². The van der Waals surface area contributed by atoms with Crippen LogP contribution in [0.4, 0.5) is 4.79 Å². The van der Waals surface area contributed by atoms with Crippen molar-refractivity contribution in [3.63, 3.8) is 0 Å². The summed E-state index contributed by atoms with van der Waals surface area (Å²) in [6.45, 7) is 13.9. The lowest BCUT2D eigenvalue weighted by Crippen LogP contribution is -2.41. The van der Waals surface area contributed by atoms with Crippen LogP contribution < -0.4 is 10.6 Å². The minimum atomic E-state index is -0.433. The first-order chi connectivity index (χ1) is 8.61. The zero-order chi connectivity index (χ0) is 14.7. The van der Waals surface area contributed by atoms with E-state index in [1.165, 1.54) is 12.8 Å². The van der Waals surface area contributed by atoms with Crippen LogP contribution in [0.5, 0.6) is 0 Å². The van der Waals surface area contributed by atoms with Gasteiger partial charge in [-0.1, -0.05) is 13.8 Å². The molecule has 1 aliphatic rings. The van der Waals surface area contributed by atoms with Gasteiger partial charge in [0, 0.05) is 18.6 Å². The van der Waals surface area contributed by atoms with Gasteiger partial charge in [0.2, 0.25) is 0 Å². The van der Waals surface area contributed by atoms with Crippen LogP contribution in [0.15, 0.2) is 0 Å². The molecule has 4 heteroatoms. The molecular formula is C15H30N2O2. The van der Waals surface area contributed by atoms with Gasteiger partial charge in [0.25, 0.3) is 0 Å². The molecule has 0 heterocycles. The first-order valence-electron chi connectivity index (χ1n) is 7.33. The van der Waals surface area contributed by atoms with E-state index in [0.29, 0.717) is 23.9 Å². The van der Waals surface area contributed by atoms with E-state index in [9.17, 15) is 4.79 Å². The van der Waals surface area contributed by atoms with Crippen LogP contribution in [0.2, 0.25) is 0 Å². The molecule has 2 N–H and O–H groups in total. The Morgan fingerprint density at radius 2 is 1.84 bits per heavy atom. The molecule has 1 amide bonds. The Morgan fingerprint density at radius 1 is 1.26 bits per heavy atom. The SMILES string of the molecule is CC(C)C(CNC(=O)OC(C)(C)C)CNC1(C)CC1. The molecule has 0 aromatic rings. The van der Waals surface area contributed by atoms with Crippen LogP contribution in [-0.2, 0) is 4.74 Å². The second-order valence-corrected chi connectivity index (χ2v) is 7.33. The molecule has 1 aliphatic carbocycles. The highest BCUT2D eigenvalue weighted by Crippen LogP contribution is 2.34. The molecule has 1 fully saturated rings. The molecule has 0 aliphatic heterocycles. The lowest BCUT2D eigenvalue weighted by atomic mass is 9.95. The van der Waals surface area contributed by atoms with Crippen molar-refractivity contribution in [2.75, 3.05) is 13.1 Å². The van der Waals surface area contributed by atoms with Gasteiger partial charge in [-0.15, -0.1) is 0 Å². The van der Waals surface area contributed by atoms with E-state index >= 15 is 0 Å². The summed E-state index contributed by atoms with van der Waals surface area (Å²) < 4.78 is 5.26. The highest BCUT2D eigenvalue weighted by Gasteiger charge is 2.37. The minimum absolute atomic E-state index is 0.323. The summed E-state index contributed by atoms with van der Waals surface area (Å²) in [5, 5.41) is 6.47. The number of amides is 1. The molecule has 4 nitrogen and oxygen atoms in total. The number of carbonyl (C=O) groups excluding carboxylic acids is 1. The summed E-state index contributed by atoms with van der Waals surface area (Å²) in [5.74, 6) is 0.967. The lowest BCUT2D eigenvalue weighted by Gasteiger charge is -2.25. The van der Waals surface area contributed by atoms with E-state index in [0.717, 1.165) is 6.54 Å². The highest BCUT2D eigenvalue weighted by molar-refractivity contribution is 5.67. The third-order valence-electron chi connectivity index (χ3n) is 3.64. The van der Waals surface area contributed by atoms with Crippen molar-refractivity contribution >= 4 is 6.09 Å². The Labute approximate surface area is 117 Å². The second kappa shape index (κ2) is 6.12. The number of nitrogens with one attached hydrogen (secondary N) is 2. The van der Waals surface area contributed by atoms with Gasteiger partial charge < -0.3 is 15.4 Å². The van der Waals surface area contributed by atoms with E-state index in [1.54, 1.807) is 0 Å². The fourth-order valence-electron chi connectivity index (χ4n) is 1.81. The zero-order valence-electron chi connectivity index (χ0n) is 13.3. The molecule has 0 aromatic carbocycles. The molecule has 0 spiro atoms. The average Bonchev–Trinajstić information content (AvgIpc) is 2.93. The fraction of sp³-hybridized carbons (Fsp3) is 0.933. The van der Waals surface area contributed by atoms with Gasteiger partial charge in [-0.05, 0) is 52.4 Å². The lowest BCUT2D eigenvalue weighted by molar-refractivity contribution is 0.0514. The number of ether oxygens (including phenoxy) is 1. The summed E-state index contributed by atoms with van der Waals surface area (Å²) in [7, 11) is 0. The largest absolute Gasteiger partial charge is 0.444 e.